The molecular formula is C14H22F2N2O2. The minimum absolute atomic E-state index is 0.0155. The Labute approximate surface area is 117 Å². The maximum absolute atomic E-state index is 12.4. The van der Waals surface area contributed by atoms with Crippen LogP contribution in [0.2, 0.25) is 0 Å². The Balaban J connectivity index is 2.70. The number of aliphatic hydroxyl groups excluding tert-OH is 1. The Bertz CT molecular complexity index is 420. The second kappa shape index (κ2) is 7.38. The number of alkyl halides is 2. The molecule has 0 unspecified atom stereocenters. The molecule has 0 fully saturated rings. The van der Waals surface area contributed by atoms with Gasteiger partial charge in [-0.3, -0.25) is 4.79 Å². The molecule has 0 aliphatic carbocycles. The number of halogens is 2. The molecule has 0 aliphatic rings. The Kier molecular flexibility index (Phi) is 6.13. The van der Waals surface area contributed by atoms with Crippen molar-refractivity contribution in [2.45, 2.75) is 39.7 Å². The molecule has 1 aromatic heterocycles. The van der Waals surface area contributed by atoms with Crippen LogP contribution in [0.5, 0.6) is 0 Å². The first-order valence-corrected chi connectivity index (χ1v) is 6.80. The summed E-state index contributed by atoms with van der Waals surface area (Å²) in [5.74, 6) is -0.393. The Morgan fingerprint density at radius 3 is 2.60 bits per heavy atom. The predicted octanol–water partition coefficient (Wildman–Crippen LogP) is 2.28. The van der Waals surface area contributed by atoms with Gasteiger partial charge in [-0.25, -0.2) is 8.78 Å². The lowest BCUT2D eigenvalue weighted by Gasteiger charge is -2.29. The number of aromatic nitrogens is 1. The van der Waals surface area contributed by atoms with Gasteiger partial charge in [0.2, 0.25) is 0 Å². The number of aliphatic hydroxyl groups is 1. The summed E-state index contributed by atoms with van der Waals surface area (Å²) in [5.41, 5.74) is -0.139. The third kappa shape index (κ3) is 4.03. The van der Waals surface area contributed by atoms with Crippen molar-refractivity contribution >= 4 is 5.91 Å². The molecule has 0 radical (unpaired) electrons. The van der Waals surface area contributed by atoms with Crippen molar-refractivity contribution in [3.63, 3.8) is 0 Å². The first-order valence-electron chi connectivity index (χ1n) is 6.80. The lowest BCUT2D eigenvalue weighted by atomic mass is 9.83. The average molecular weight is 288 g/mol. The Morgan fingerprint density at radius 1 is 1.45 bits per heavy atom. The average Bonchev–Trinajstić information content (AvgIpc) is 2.88. The van der Waals surface area contributed by atoms with Gasteiger partial charge < -0.3 is 15.0 Å². The Morgan fingerprint density at radius 2 is 2.10 bits per heavy atom. The summed E-state index contributed by atoms with van der Waals surface area (Å²) >= 11 is 0. The van der Waals surface area contributed by atoms with Crippen LogP contribution in [0.25, 0.3) is 0 Å². The van der Waals surface area contributed by atoms with E-state index >= 15 is 0 Å². The molecule has 6 heteroatoms. The van der Waals surface area contributed by atoms with Gasteiger partial charge in [-0.15, -0.1) is 0 Å². The van der Waals surface area contributed by atoms with Gasteiger partial charge in [0.1, 0.15) is 5.69 Å². The van der Waals surface area contributed by atoms with Crippen molar-refractivity contribution in [3.8, 4) is 0 Å². The third-order valence-electron chi connectivity index (χ3n) is 3.86. The van der Waals surface area contributed by atoms with Crippen molar-refractivity contribution in [3.05, 3.63) is 24.0 Å². The normalized spacial score (nSPS) is 11.9. The molecule has 0 spiro atoms. The van der Waals surface area contributed by atoms with Crippen LogP contribution in [-0.4, -0.2) is 35.2 Å². The second-order valence-electron chi connectivity index (χ2n) is 4.98. The van der Waals surface area contributed by atoms with Crippen molar-refractivity contribution in [1.29, 1.82) is 0 Å². The van der Waals surface area contributed by atoms with Crippen LogP contribution in [-0.2, 0) is 6.54 Å². The van der Waals surface area contributed by atoms with Crippen molar-refractivity contribution in [2.75, 3.05) is 13.2 Å². The fourth-order valence-corrected chi connectivity index (χ4v) is 2.07. The van der Waals surface area contributed by atoms with E-state index in [0.29, 0.717) is 6.54 Å². The van der Waals surface area contributed by atoms with Crippen LogP contribution in [0.1, 0.15) is 37.2 Å². The van der Waals surface area contributed by atoms with E-state index in [9.17, 15) is 18.7 Å². The fourth-order valence-electron chi connectivity index (χ4n) is 2.07. The van der Waals surface area contributed by atoms with Gasteiger partial charge in [-0.05, 0) is 25.0 Å². The predicted molar refractivity (Wildman–Crippen MR) is 72.9 cm³/mol. The Hall–Kier alpha value is -1.43. The summed E-state index contributed by atoms with van der Waals surface area (Å²) in [6.45, 7) is 3.71. The van der Waals surface area contributed by atoms with Crippen molar-refractivity contribution in [1.82, 2.24) is 9.88 Å². The van der Waals surface area contributed by atoms with Crippen LogP contribution in [0, 0.1) is 5.41 Å². The highest BCUT2D eigenvalue weighted by Crippen LogP contribution is 2.24. The summed E-state index contributed by atoms with van der Waals surface area (Å²) in [6, 6.07) is 3.08. The largest absolute Gasteiger partial charge is 0.396 e. The lowest BCUT2D eigenvalue weighted by Crippen LogP contribution is -2.40. The minimum Gasteiger partial charge on any atom is -0.396 e. The zero-order chi connectivity index (χ0) is 15.2. The molecule has 0 saturated heterocycles. The SMILES string of the molecule is CCC(CC)(CO)CNC(=O)c1cccn1CC(F)F. The molecule has 0 aliphatic heterocycles. The topological polar surface area (TPSA) is 54.3 Å². The van der Waals surface area contributed by atoms with Gasteiger partial charge in [-0.2, -0.15) is 0 Å². The van der Waals surface area contributed by atoms with Gasteiger partial charge in [-0.1, -0.05) is 13.8 Å². The van der Waals surface area contributed by atoms with E-state index in [0.717, 1.165) is 12.8 Å². The molecule has 0 saturated carbocycles. The van der Waals surface area contributed by atoms with Gasteiger partial charge >= 0.3 is 0 Å². The lowest BCUT2D eigenvalue weighted by molar-refractivity contribution is 0.0834. The zero-order valence-corrected chi connectivity index (χ0v) is 11.9. The van der Waals surface area contributed by atoms with Crippen molar-refractivity contribution in [2.24, 2.45) is 5.41 Å². The van der Waals surface area contributed by atoms with Gasteiger partial charge in [0.05, 0.1) is 13.2 Å². The number of hydrogen-bond donors (Lipinski definition) is 2. The maximum atomic E-state index is 12.4. The molecule has 4 nitrogen and oxygen atoms in total. The van der Waals surface area contributed by atoms with Crippen LogP contribution in [0.4, 0.5) is 8.78 Å². The van der Waals surface area contributed by atoms with Gasteiger partial charge in [0, 0.05) is 18.2 Å². The maximum Gasteiger partial charge on any atom is 0.267 e. The first kappa shape index (κ1) is 16.6. The fraction of sp³-hybridized carbons (Fsp3) is 0.643. The van der Waals surface area contributed by atoms with Crippen LogP contribution >= 0.6 is 0 Å². The van der Waals surface area contributed by atoms with E-state index in [4.69, 9.17) is 0 Å². The summed E-state index contributed by atoms with van der Waals surface area (Å²) < 4.78 is 26.0. The standard InChI is InChI=1S/C14H22F2N2O2/c1-3-14(4-2,10-19)9-17-13(20)11-6-5-7-18(11)8-12(15)16/h5-7,12,19H,3-4,8-10H2,1-2H3,(H,17,20). The second-order valence-corrected chi connectivity index (χ2v) is 4.98. The van der Waals surface area contributed by atoms with E-state index < -0.39 is 18.9 Å². The molecule has 1 heterocycles. The zero-order valence-electron chi connectivity index (χ0n) is 11.9. The van der Waals surface area contributed by atoms with E-state index in [2.05, 4.69) is 5.32 Å². The molecule has 0 atom stereocenters. The van der Waals surface area contributed by atoms with Crippen LogP contribution in [0.3, 0.4) is 0 Å². The minimum atomic E-state index is -2.50. The number of carbonyl (C=O) groups excluding carboxylic acids is 1. The van der Waals surface area contributed by atoms with E-state index in [1.165, 1.54) is 16.8 Å². The molecule has 2 N–H and O–H groups in total. The quantitative estimate of drug-likeness (QED) is 0.771. The molecule has 1 rings (SSSR count). The molecular weight excluding hydrogens is 266 g/mol. The van der Waals surface area contributed by atoms with Gasteiger partial charge in [0.25, 0.3) is 12.3 Å². The summed E-state index contributed by atoms with van der Waals surface area (Å²) in [5, 5.41) is 12.2. The van der Waals surface area contributed by atoms with E-state index in [1.807, 2.05) is 13.8 Å². The number of nitrogens with one attached hydrogen (secondary N) is 1. The molecule has 1 amide bonds. The van der Waals surface area contributed by atoms with E-state index in [-0.39, 0.29) is 17.7 Å². The summed E-state index contributed by atoms with van der Waals surface area (Å²) in [7, 11) is 0. The van der Waals surface area contributed by atoms with Crippen LogP contribution < -0.4 is 5.32 Å². The summed E-state index contributed by atoms with van der Waals surface area (Å²) in [6.07, 6.45) is 0.424. The van der Waals surface area contributed by atoms with Crippen LogP contribution in [0.15, 0.2) is 18.3 Å². The number of rotatable bonds is 8. The molecule has 20 heavy (non-hydrogen) atoms. The highest BCUT2D eigenvalue weighted by Gasteiger charge is 2.26. The molecule has 1 aromatic rings. The first-order chi connectivity index (χ1) is 9.48. The van der Waals surface area contributed by atoms with Crippen molar-refractivity contribution < 1.29 is 18.7 Å². The number of amides is 1. The number of nitrogens with zero attached hydrogens (tertiary/aromatic N) is 1. The smallest absolute Gasteiger partial charge is 0.267 e. The highest BCUT2D eigenvalue weighted by molar-refractivity contribution is 5.92. The summed E-state index contributed by atoms with van der Waals surface area (Å²) in [4.78, 5) is 12.0. The highest BCUT2D eigenvalue weighted by atomic mass is 19.3. The van der Waals surface area contributed by atoms with Gasteiger partial charge in [0.15, 0.2) is 0 Å². The van der Waals surface area contributed by atoms with E-state index in [1.54, 1.807) is 6.07 Å². The molecule has 0 bridgehead atoms. The third-order valence-corrected chi connectivity index (χ3v) is 3.86. The molecule has 0 aromatic carbocycles. The molecule has 114 valence electrons. The number of carbonyl (C=O) groups is 1. The number of hydrogen-bond acceptors (Lipinski definition) is 2. The monoisotopic (exact) mass is 288 g/mol.